The Morgan fingerprint density at radius 1 is 0.891 bits per heavy atom. The van der Waals surface area contributed by atoms with Crippen molar-refractivity contribution in [1.82, 2.24) is 10.2 Å². The first-order valence-electron chi connectivity index (χ1n) is 15.2. The summed E-state index contributed by atoms with van der Waals surface area (Å²) in [6.45, 7) is 3.80. The van der Waals surface area contributed by atoms with Crippen molar-refractivity contribution in [2.45, 2.75) is 50.6 Å². The summed E-state index contributed by atoms with van der Waals surface area (Å²) in [6.07, 6.45) is 1.90. The number of para-hydroxylation sites is 2. The molecule has 0 saturated carbocycles. The van der Waals surface area contributed by atoms with E-state index >= 15 is 0 Å². The summed E-state index contributed by atoms with van der Waals surface area (Å²) in [5.74, 6) is -0.600. The first-order valence-corrected chi connectivity index (χ1v) is 17.0. The van der Waals surface area contributed by atoms with Crippen molar-refractivity contribution >= 4 is 39.1 Å². The zero-order valence-corrected chi connectivity index (χ0v) is 27.9. The number of benzene rings is 4. The Labute approximate surface area is 277 Å². The number of unbranched alkanes of at least 4 members (excludes halogenated alkanes) is 1. The normalized spacial score (nSPS) is 11.8. The molecule has 10 heteroatoms. The minimum atomic E-state index is -4.25. The number of carbonyl (C=O) groups excluding carboxylic acids is 2. The third kappa shape index (κ3) is 8.89. The monoisotopic (exact) mass is 661 g/mol. The molecule has 0 aliphatic heterocycles. The van der Waals surface area contributed by atoms with Gasteiger partial charge in [0.05, 0.1) is 17.7 Å². The molecule has 0 fully saturated rings. The molecule has 4 aromatic carbocycles. The van der Waals surface area contributed by atoms with Crippen LogP contribution in [-0.2, 0) is 32.6 Å². The number of anilines is 1. The molecule has 1 N–H and O–H groups in total. The van der Waals surface area contributed by atoms with Gasteiger partial charge in [-0.25, -0.2) is 8.42 Å². The predicted molar refractivity (Wildman–Crippen MR) is 183 cm³/mol. The first-order chi connectivity index (χ1) is 22.1. The number of methoxy groups -OCH3 is 1. The van der Waals surface area contributed by atoms with E-state index in [4.69, 9.17) is 16.3 Å². The number of carbonyl (C=O) groups is 2. The smallest absolute Gasteiger partial charge is 0.264 e. The molecule has 4 rings (SSSR count). The molecule has 8 nitrogen and oxygen atoms in total. The second-order valence-electron chi connectivity index (χ2n) is 11.0. The Hall–Kier alpha value is -4.34. The highest BCUT2D eigenvalue weighted by atomic mass is 35.5. The van der Waals surface area contributed by atoms with E-state index in [1.54, 1.807) is 54.6 Å². The lowest BCUT2D eigenvalue weighted by atomic mass is 10.0. The molecule has 0 heterocycles. The van der Waals surface area contributed by atoms with E-state index in [1.165, 1.54) is 24.1 Å². The lowest BCUT2D eigenvalue weighted by Gasteiger charge is -2.34. The molecular formula is C36H40ClN3O5S. The van der Waals surface area contributed by atoms with Gasteiger partial charge < -0.3 is 15.0 Å². The quantitative estimate of drug-likeness (QED) is 0.149. The molecule has 0 unspecified atom stereocenters. The minimum Gasteiger partial charge on any atom is -0.495 e. The fourth-order valence-electron chi connectivity index (χ4n) is 5.08. The van der Waals surface area contributed by atoms with E-state index in [9.17, 15) is 18.0 Å². The SMILES string of the molecule is CCCCNC(=O)[C@H](Cc1ccccc1)N(Cc1cccc(Cl)c1)C(=O)CN(c1ccccc1OC)S(=O)(=O)c1ccc(C)cc1. The summed E-state index contributed by atoms with van der Waals surface area (Å²) in [4.78, 5) is 29.9. The summed E-state index contributed by atoms with van der Waals surface area (Å²) in [5, 5.41) is 3.47. The molecule has 242 valence electrons. The van der Waals surface area contributed by atoms with E-state index in [1.807, 2.05) is 50.2 Å². The third-order valence-corrected chi connectivity index (χ3v) is 9.59. The van der Waals surface area contributed by atoms with E-state index in [-0.39, 0.29) is 35.2 Å². The van der Waals surface area contributed by atoms with Crippen LogP contribution in [-0.4, -0.2) is 51.4 Å². The second-order valence-corrected chi connectivity index (χ2v) is 13.3. The Morgan fingerprint density at radius 3 is 2.24 bits per heavy atom. The third-order valence-electron chi connectivity index (χ3n) is 7.58. The van der Waals surface area contributed by atoms with Crippen LogP contribution in [0.2, 0.25) is 5.02 Å². The number of hydrogen-bond acceptors (Lipinski definition) is 5. The summed E-state index contributed by atoms with van der Waals surface area (Å²) < 4.78 is 35.1. The molecule has 0 aliphatic carbocycles. The molecule has 46 heavy (non-hydrogen) atoms. The standard InChI is InChI=1S/C36H40ClN3O5S/c1-4-5-22-38-36(42)33(24-28-12-7-6-8-13-28)39(25-29-14-11-15-30(37)23-29)35(41)26-40(32-16-9-10-17-34(32)45-3)46(43,44)31-20-18-27(2)19-21-31/h6-21,23,33H,4-5,22,24-26H2,1-3H3,(H,38,42)/t33-/m0/s1. The van der Waals surface area contributed by atoms with Crippen LogP contribution in [0.3, 0.4) is 0 Å². The average molecular weight is 662 g/mol. The van der Waals surface area contributed by atoms with Gasteiger partial charge in [0.25, 0.3) is 10.0 Å². The van der Waals surface area contributed by atoms with Crippen molar-refractivity contribution in [3.05, 3.63) is 125 Å². The van der Waals surface area contributed by atoms with Gasteiger partial charge in [-0.05, 0) is 60.9 Å². The maximum absolute atomic E-state index is 14.6. The molecule has 0 saturated heterocycles. The van der Waals surface area contributed by atoms with Crippen molar-refractivity contribution in [3.8, 4) is 5.75 Å². The second kappa shape index (κ2) is 16.3. The van der Waals surface area contributed by atoms with Gasteiger partial charge in [0.15, 0.2) is 0 Å². The number of amides is 2. The largest absolute Gasteiger partial charge is 0.495 e. The number of sulfonamides is 1. The van der Waals surface area contributed by atoms with Gasteiger partial charge >= 0.3 is 0 Å². The molecule has 1 atom stereocenters. The van der Waals surface area contributed by atoms with Crippen LogP contribution in [0.15, 0.2) is 108 Å². The van der Waals surface area contributed by atoms with E-state index in [2.05, 4.69) is 5.32 Å². The topological polar surface area (TPSA) is 96.0 Å². The van der Waals surface area contributed by atoms with Gasteiger partial charge in [-0.2, -0.15) is 0 Å². The van der Waals surface area contributed by atoms with Crippen LogP contribution in [0, 0.1) is 6.92 Å². The zero-order chi connectivity index (χ0) is 33.1. The highest BCUT2D eigenvalue weighted by Gasteiger charge is 2.35. The lowest BCUT2D eigenvalue weighted by molar-refractivity contribution is -0.140. The van der Waals surface area contributed by atoms with Crippen LogP contribution in [0.25, 0.3) is 0 Å². The van der Waals surface area contributed by atoms with E-state index in [0.717, 1.165) is 28.3 Å². The summed E-state index contributed by atoms with van der Waals surface area (Å²) in [7, 11) is -2.81. The van der Waals surface area contributed by atoms with Crippen molar-refractivity contribution in [2.24, 2.45) is 0 Å². The summed E-state index contributed by atoms with van der Waals surface area (Å²) >= 11 is 6.32. The number of nitrogens with one attached hydrogen (secondary N) is 1. The fraction of sp³-hybridized carbons (Fsp3) is 0.278. The van der Waals surface area contributed by atoms with Crippen molar-refractivity contribution in [2.75, 3.05) is 24.5 Å². The summed E-state index contributed by atoms with van der Waals surface area (Å²) in [6, 6.07) is 28.6. The van der Waals surface area contributed by atoms with Crippen molar-refractivity contribution in [3.63, 3.8) is 0 Å². The molecule has 2 amide bonds. The van der Waals surface area contributed by atoms with E-state index in [0.29, 0.717) is 17.1 Å². The Balaban J connectivity index is 1.82. The van der Waals surface area contributed by atoms with Gasteiger partial charge in [-0.15, -0.1) is 0 Å². The van der Waals surface area contributed by atoms with Crippen LogP contribution >= 0.6 is 11.6 Å². The van der Waals surface area contributed by atoms with Gasteiger partial charge in [-0.3, -0.25) is 13.9 Å². The Kier molecular flexibility index (Phi) is 12.2. The van der Waals surface area contributed by atoms with Crippen LogP contribution in [0.1, 0.15) is 36.5 Å². The molecule has 0 aromatic heterocycles. The number of nitrogens with zero attached hydrogens (tertiary/aromatic N) is 2. The minimum absolute atomic E-state index is 0.0244. The van der Waals surface area contributed by atoms with E-state index < -0.39 is 28.5 Å². The molecule has 0 bridgehead atoms. The average Bonchev–Trinajstić information content (AvgIpc) is 3.05. The van der Waals surface area contributed by atoms with Gasteiger partial charge in [0.1, 0.15) is 18.3 Å². The van der Waals surface area contributed by atoms with Crippen LogP contribution in [0.5, 0.6) is 5.75 Å². The maximum Gasteiger partial charge on any atom is 0.264 e. The highest BCUT2D eigenvalue weighted by molar-refractivity contribution is 7.92. The number of aryl methyl sites for hydroxylation is 1. The predicted octanol–water partition coefficient (Wildman–Crippen LogP) is 6.41. The van der Waals surface area contributed by atoms with Crippen molar-refractivity contribution in [1.29, 1.82) is 0 Å². The molecule has 4 aromatic rings. The lowest BCUT2D eigenvalue weighted by Crippen LogP contribution is -2.53. The van der Waals surface area contributed by atoms with Gasteiger partial charge in [0, 0.05) is 24.5 Å². The van der Waals surface area contributed by atoms with Crippen LogP contribution in [0.4, 0.5) is 5.69 Å². The summed E-state index contributed by atoms with van der Waals surface area (Å²) in [5.41, 5.74) is 2.65. The Morgan fingerprint density at radius 2 is 1.57 bits per heavy atom. The first kappa shape index (κ1) is 34.5. The van der Waals surface area contributed by atoms with Crippen molar-refractivity contribution < 1.29 is 22.7 Å². The van der Waals surface area contributed by atoms with Gasteiger partial charge in [0.2, 0.25) is 11.8 Å². The molecular weight excluding hydrogens is 622 g/mol. The van der Waals surface area contributed by atoms with Crippen LogP contribution < -0.4 is 14.4 Å². The van der Waals surface area contributed by atoms with Gasteiger partial charge in [-0.1, -0.05) is 97.2 Å². The molecule has 0 radical (unpaired) electrons. The maximum atomic E-state index is 14.6. The number of halogens is 1. The number of rotatable bonds is 15. The fourth-order valence-corrected chi connectivity index (χ4v) is 6.72. The zero-order valence-electron chi connectivity index (χ0n) is 26.4. The highest BCUT2D eigenvalue weighted by Crippen LogP contribution is 2.33. The number of ether oxygens (including phenoxy) is 1. The molecule has 0 aliphatic rings. The molecule has 0 spiro atoms. The Bertz CT molecular complexity index is 1720. The number of hydrogen-bond donors (Lipinski definition) is 1.